The van der Waals surface area contributed by atoms with Crippen LogP contribution < -0.4 is 9.64 Å². The van der Waals surface area contributed by atoms with E-state index in [1.54, 1.807) is 24.8 Å². The zero-order chi connectivity index (χ0) is 16.2. The number of aromatic nitrogens is 1. The number of methoxy groups -OCH3 is 1. The van der Waals surface area contributed by atoms with E-state index in [4.69, 9.17) is 4.74 Å². The maximum Gasteiger partial charge on any atom is 0.251 e. The molecule has 0 bridgehead atoms. The lowest BCUT2D eigenvalue weighted by molar-refractivity contribution is -0.114. The van der Waals surface area contributed by atoms with Gasteiger partial charge in [0.1, 0.15) is 5.75 Å². The van der Waals surface area contributed by atoms with E-state index in [0.717, 1.165) is 17.1 Å². The number of hydrogen-bond acceptors (Lipinski definition) is 4. The fourth-order valence-corrected chi connectivity index (χ4v) is 3.16. The first-order valence-electron chi connectivity index (χ1n) is 7.72. The summed E-state index contributed by atoms with van der Waals surface area (Å²) in [4.78, 5) is 18.8. The fraction of sp³-hybridized carbons (Fsp3) is 0.333. The molecular weight excluding hydrogens is 308 g/mol. The van der Waals surface area contributed by atoms with Gasteiger partial charge in [0.2, 0.25) is 0 Å². The van der Waals surface area contributed by atoms with Gasteiger partial charge in [-0.25, -0.2) is 4.98 Å². The number of anilines is 1. The number of nitrogens with zero attached hydrogens (tertiary/aromatic N) is 2. The lowest BCUT2D eigenvalue weighted by Crippen LogP contribution is -2.39. The first-order valence-corrected chi connectivity index (χ1v) is 8.67. The first kappa shape index (κ1) is 15.7. The number of thiazole rings is 1. The number of benzene rings is 1. The second-order valence-electron chi connectivity index (χ2n) is 5.73. The van der Waals surface area contributed by atoms with Gasteiger partial charge in [0.15, 0.2) is 0 Å². The predicted octanol–water partition coefficient (Wildman–Crippen LogP) is 4.00. The molecule has 1 aliphatic rings. The lowest BCUT2D eigenvalue weighted by Gasteiger charge is -2.28. The molecule has 0 saturated heterocycles. The molecule has 0 N–H and O–H groups in total. The third-order valence-corrected chi connectivity index (χ3v) is 4.75. The summed E-state index contributed by atoms with van der Waals surface area (Å²) in [5.74, 6) is 1.37. The van der Waals surface area contributed by atoms with Gasteiger partial charge in [-0.05, 0) is 56.0 Å². The summed E-state index contributed by atoms with van der Waals surface area (Å²) in [6.45, 7) is 2.12. The Hall–Kier alpha value is -2.14. The van der Waals surface area contributed by atoms with E-state index in [-0.39, 0.29) is 11.9 Å². The highest BCUT2D eigenvalue weighted by Gasteiger charge is 2.34. The molecule has 1 unspecified atom stereocenters. The Bertz CT molecular complexity index is 676. The fourth-order valence-electron chi connectivity index (χ4n) is 2.64. The van der Waals surface area contributed by atoms with Crippen LogP contribution in [0.1, 0.15) is 25.5 Å². The van der Waals surface area contributed by atoms with Crippen molar-refractivity contribution in [2.75, 3.05) is 12.0 Å². The monoisotopic (exact) mass is 328 g/mol. The topological polar surface area (TPSA) is 42.4 Å². The summed E-state index contributed by atoms with van der Waals surface area (Å²) in [7, 11) is 1.64. The SMILES string of the molecule is COc1ccc(N(C(=O)C=Cc2cscn2)C(C)C2CC2)cc1. The van der Waals surface area contributed by atoms with E-state index < -0.39 is 0 Å². The average Bonchev–Trinajstić information content (AvgIpc) is 3.30. The van der Waals surface area contributed by atoms with Crippen LogP contribution in [0, 0.1) is 5.92 Å². The van der Waals surface area contributed by atoms with Crippen LogP contribution >= 0.6 is 11.3 Å². The summed E-state index contributed by atoms with van der Waals surface area (Å²) in [6, 6.07) is 7.84. The van der Waals surface area contributed by atoms with Crippen LogP contribution in [0.5, 0.6) is 5.75 Å². The molecule has 4 nitrogen and oxygen atoms in total. The third kappa shape index (κ3) is 3.79. The Labute approximate surface area is 140 Å². The highest BCUT2D eigenvalue weighted by Crippen LogP contribution is 2.37. The molecule has 1 aliphatic carbocycles. The van der Waals surface area contributed by atoms with Gasteiger partial charge in [0.25, 0.3) is 5.91 Å². The lowest BCUT2D eigenvalue weighted by atomic mass is 10.1. The van der Waals surface area contributed by atoms with E-state index in [2.05, 4.69) is 11.9 Å². The van der Waals surface area contributed by atoms with Gasteiger partial charge in [0, 0.05) is 23.2 Å². The number of rotatable bonds is 6. The van der Waals surface area contributed by atoms with Gasteiger partial charge in [-0.2, -0.15) is 0 Å². The Kier molecular flexibility index (Phi) is 4.76. The molecular formula is C18H20N2O2S. The summed E-state index contributed by atoms with van der Waals surface area (Å²) in [5, 5.41) is 1.92. The predicted molar refractivity (Wildman–Crippen MR) is 93.8 cm³/mol. The number of amides is 1. The van der Waals surface area contributed by atoms with Gasteiger partial charge >= 0.3 is 0 Å². The normalized spacial score (nSPS) is 15.6. The standard InChI is InChI=1S/C18H20N2O2S/c1-13(14-3-4-14)20(16-6-8-17(22-2)9-7-16)18(21)10-5-15-11-23-12-19-15/h5-14H,3-4H2,1-2H3. The van der Waals surface area contributed by atoms with Gasteiger partial charge < -0.3 is 9.64 Å². The smallest absolute Gasteiger partial charge is 0.251 e. The largest absolute Gasteiger partial charge is 0.497 e. The number of carbonyl (C=O) groups excluding carboxylic acids is 1. The Morgan fingerprint density at radius 1 is 1.39 bits per heavy atom. The molecule has 5 heteroatoms. The number of carbonyl (C=O) groups is 1. The molecule has 3 rings (SSSR count). The molecule has 0 spiro atoms. The van der Waals surface area contributed by atoms with Crippen LogP contribution in [0.2, 0.25) is 0 Å². The maximum absolute atomic E-state index is 12.8. The Morgan fingerprint density at radius 2 is 2.13 bits per heavy atom. The first-order chi connectivity index (χ1) is 11.2. The molecule has 1 saturated carbocycles. The zero-order valence-electron chi connectivity index (χ0n) is 13.3. The molecule has 23 heavy (non-hydrogen) atoms. The van der Waals surface area contributed by atoms with Crippen molar-refractivity contribution in [2.24, 2.45) is 5.92 Å². The molecule has 1 fully saturated rings. The Balaban J connectivity index is 1.83. The van der Waals surface area contributed by atoms with Gasteiger partial charge in [-0.15, -0.1) is 11.3 Å². The van der Waals surface area contributed by atoms with Crippen molar-refractivity contribution in [3.8, 4) is 5.75 Å². The molecule has 1 amide bonds. The van der Waals surface area contributed by atoms with Crippen molar-refractivity contribution in [1.82, 2.24) is 4.98 Å². The van der Waals surface area contributed by atoms with Crippen LogP contribution in [-0.4, -0.2) is 24.0 Å². The molecule has 1 heterocycles. The third-order valence-electron chi connectivity index (χ3n) is 4.15. The minimum atomic E-state index is -0.0115. The minimum Gasteiger partial charge on any atom is -0.497 e. The summed E-state index contributed by atoms with van der Waals surface area (Å²) < 4.78 is 5.20. The number of ether oxygens (including phenoxy) is 1. The molecule has 1 atom stereocenters. The van der Waals surface area contributed by atoms with E-state index in [0.29, 0.717) is 5.92 Å². The van der Waals surface area contributed by atoms with Crippen molar-refractivity contribution in [3.63, 3.8) is 0 Å². The number of hydrogen-bond donors (Lipinski definition) is 0. The van der Waals surface area contributed by atoms with E-state index in [1.165, 1.54) is 24.2 Å². The van der Waals surface area contributed by atoms with Crippen molar-refractivity contribution in [2.45, 2.75) is 25.8 Å². The second kappa shape index (κ2) is 6.96. The van der Waals surface area contributed by atoms with Gasteiger partial charge in [-0.3, -0.25) is 4.79 Å². The highest BCUT2D eigenvalue weighted by atomic mass is 32.1. The van der Waals surface area contributed by atoms with Gasteiger partial charge in [0.05, 0.1) is 18.3 Å². The second-order valence-corrected chi connectivity index (χ2v) is 6.45. The average molecular weight is 328 g/mol. The van der Waals surface area contributed by atoms with Crippen molar-refractivity contribution >= 4 is 29.0 Å². The van der Waals surface area contributed by atoms with E-state index in [9.17, 15) is 4.79 Å². The van der Waals surface area contributed by atoms with Crippen LogP contribution in [-0.2, 0) is 4.79 Å². The molecule has 2 aromatic rings. The molecule has 0 radical (unpaired) electrons. The van der Waals surface area contributed by atoms with E-state index in [1.807, 2.05) is 34.5 Å². The van der Waals surface area contributed by atoms with Crippen LogP contribution in [0.3, 0.4) is 0 Å². The van der Waals surface area contributed by atoms with Crippen LogP contribution in [0.4, 0.5) is 5.69 Å². The Morgan fingerprint density at radius 3 is 2.70 bits per heavy atom. The molecule has 1 aromatic carbocycles. The van der Waals surface area contributed by atoms with Crippen molar-refractivity contribution in [1.29, 1.82) is 0 Å². The summed E-state index contributed by atoms with van der Waals surface area (Å²) in [6.07, 6.45) is 5.76. The van der Waals surface area contributed by atoms with Gasteiger partial charge in [-0.1, -0.05) is 0 Å². The quantitative estimate of drug-likeness (QED) is 0.753. The molecule has 1 aromatic heterocycles. The summed E-state index contributed by atoms with van der Waals surface area (Å²) in [5.41, 5.74) is 3.48. The van der Waals surface area contributed by atoms with Crippen molar-refractivity contribution < 1.29 is 9.53 Å². The maximum atomic E-state index is 12.8. The molecule has 0 aliphatic heterocycles. The van der Waals surface area contributed by atoms with Crippen LogP contribution in [0.25, 0.3) is 6.08 Å². The minimum absolute atomic E-state index is 0.0115. The molecule has 120 valence electrons. The summed E-state index contributed by atoms with van der Waals surface area (Å²) >= 11 is 1.52. The van der Waals surface area contributed by atoms with E-state index >= 15 is 0 Å². The van der Waals surface area contributed by atoms with Crippen molar-refractivity contribution in [3.05, 3.63) is 46.9 Å². The zero-order valence-corrected chi connectivity index (χ0v) is 14.1. The van der Waals surface area contributed by atoms with Crippen LogP contribution in [0.15, 0.2) is 41.2 Å². The highest BCUT2D eigenvalue weighted by molar-refractivity contribution is 7.07.